The summed E-state index contributed by atoms with van der Waals surface area (Å²) in [5, 5.41) is 17.9. The molecule has 0 aliphatic rings. The van der Waals surface area contributed by atoms with Gasteiger partial charge in [-0.25, -0.2) is 0 Å². The Morgan fingerprint density at radius 2 is 2.00 bits per heavy atom. The lowest BCUT2D eigenvalue weighted by Gasteiger charge is -2.11. The third kappa shape index (κ3) is 4.99. The van der Waals surface area contributed by atoms with E-state index in [1.54, 1.807) is 0 Å². The van der Waals surface area contributed by atoms with Crippen LogP contribution < -0.4 is 0 Å². The molecule has 0 spiro atoms. The van der Waals surface area contributed by atoms with E-state index in [2.05, 4.69) is 4.74 Å². The zero-order valence-corrected chi connectivity index (χ0v) is 6.71. The first-order valence-electron chi connectivity index (χ1n) is 3.11. The maximum Gasteiger partial charge on any atom is 0.0798 e. The molecule has 0 bridgehead atoms. The van der Waals surface area contributed by atoms with Crippen LogP contribution in [0.1, 0.15) is 6.42 Å². The number of ether oxygens (including phenoxy) is 1. The Kier molecular flexibility index (Phi) is 6.02. The Morgan fingerprint density at radius 3 is 2.40 bits per heavy atom. The third-order valence-electron chi connectivity index (χ3n) is 1.08. The van der Waals surface area contributed by atoms with Gasteiger partial charge in [0.05, 0.1) is 18.8 Å². The first-order chi connectivity index (χ1) is 4.70. The molecule has 0 aromatic carbocycles. The van der Waals surface area contributed by atoms with E-state index in [0.717, 1.165) is 0 Å². The summed E-state index contributed by atoms with van der Waals surface area (Å²) in [5.74, 6) is 0.154. The average molecular weight is 169 g/mol. The van der Waals surface area contributed by atoms with Crippen molar-refractivity contribution in [2.75, 3.05) is 19.6 Å². The first-order valence-corrected chi connectivity index (χ1v) is 3.65. The van der Waals surface area contributed by atoms with Gasteiger partial charge in [0.2, 0.25) is 0 Å². The van der Waals surface area contributed by atoms with Crippen molar-refractivity contribution in [1.82, 2.24) is 0 Å². The minimum atomic E-state index is -0.633. The highest BCUT2D eigenvalue weighted by Gasteiger charge is 2.09. The van der Waals surface area contributed by atoms with Gasteiger partial charge in [-0.15, -0.1) is 11.6 Å². The monoisotopic (exact) mass is 168 g/mol. The number of rotatable bonds is 5. The van der Waals surface area contributed by atoms with Gasteiger partial charge in [-0.05, 0) is 0 Å². The van der Waals surface area contributed by atoms with Crippen LogP contribution in [0, 0.1) is 0 Å². The molecule has 0 aliphatic heterocycles. The minimum absolute atomic E-state index is 0.154. The van der Waals surface area contributed by atoms with Crippen LogP contribution >= 0.6 is 11.6 Å². The average Bonchev–Trinajstić information content (AvgIpc) is 1.88. The SMILES string of the molecule is COCC(O)CC(O)CCl. The summed E-state index contributed by atoms with van der Waals surface area (Å²) in [4.78, 5) is 0. The normalized spacial score (nSPS) is 16.8. The molecule has 0 aromatic rings. The van der Waals surface area contributed by atoms with Crippen molar-refractivity contribution >= 4 is 11.6 Å². The van der Waals surface area contributed by atoms with Gasteiger partial charge in [0.15, 0.2) is 0 Å². The number of halogens is 1. The van der Waals surface area contributed by atoms with Crippen LogP contribution in [0.4, 0.5) is 0 Å². The topological polar surface area (TPSA) is 49.7 Å². The van der Waals surface area contributed by atoms with E-state index < -0.39 is 12.2 Å². The molecule has 2 unspecified atom stereocenters. The molecule has 0 aliphatic carbocycles. The third-order valence-corrected chi connectivity index (χ3v) is 1.44. The molecule has 2 atom stereocenters. The predicted octanol–water partition coefficient (Wildman–Crippen LogP) is -0.0165. The molecule has 2 N–H and O–H groups in total. The summed E-state index contributed by atoms with van der Waals surface area (Å²) in [6, 6.07) is 0. The van der Waals surface area contributed by atoms with Gasteiger partial charge < -0.3 is 14.9 Å². The molecule has 0 rings (SSSR count). The Labute approximate surface area is 65.6 Å². The summed E-state index contributed by atoms with van der Waals surface area (Å²) in [6.45, 7) is 0.244. The molecule has 0 aromatic heterocycles. The van der Waals surface area contributed by atoms with E-state index in [1.165, 1.54) is 7.11 Å². The minimum Gasteiger partial charge on any atom is -0.392 e. The Hall–Kier alpha value is 0.170. The summed E-state index contributed by atoms with van der Waals surface area (Å²) in [5.41, 5.74) is 0. The molecule has 0 heterocycles. The largest absolute Gasteiger partial charge is 0.392 e. The van der Waals surface area contributed by atoms with Crippen LogP contribution in [0.25, 0.3) is 0 Å². The van der Waals surface area contributed by atoms with Gasteiger partial charge in [0.1, 0.15) is 0 Å². The van der Waals surface area contributed by atoms with Crippen LogP contribution in [-0.4, -0.2) is 42.0 Å². The number of methoxy groups -OCH3 is 1. The fourth-order valence-corrected chi connectivity index (χ4v) is 0.763. The number of hydrogen-bond acceptors (Lipinski definition) is 3. The summed E-state index contributed by atoms with van der Waals surface area (Å²) >= 11 is 5.29. The quantitative estimate of drug-likeness (QED) is 0.568. The fraction of sp³-hybridized carbons (Fsp3) is 1.00. The van der Waals surface area contributed by atoms with Crippen LogP contribution in [-0.2, 0) is 4.74 Å². The van der Waals surface area contributed by atoms with E-state index in [1.807, 2.05) is 0 Å². The number of aliphatic hydroxyl groups excluding tert-OH is 2. The van der Waals surface area contributed by atoms with Crippen molar-refractivity contribution in [1.29, 1.82) is 0 Å². The van der Waals surface area contributed by atoms with Crippen molar-refractivity contribution in [3.63, 3.8) is 0 Å². The smallest absolute Gasteiger partial charge is 0.0798 e. The van der Waals surface area contributed by atoms with Crippen LogP contribution in [0.2, 0.25) is 0 Å². The predicted molar refractivity (Wildman–Crippen MR) is 39.2 cm³/mol. The molecule has 0 saturated heterocycles. The molecule has 0 saturated carbocycles. The van der Waals surface area contributed by atoms with E-state index in [9.17, 15) is 0 Å². The molecule has 0 radical (unpaired) electrons. The van der Waals surface area contributed by atoms with E-state index >= 15 is 0 Å². The van der Waals surface area contributed by atoms with Gasteiger partial charge in [-0.2, -0.15) is 0 Å². The maximum absolute atomic E-state index is 9.01. The first kappa shape index (κ1) is 10.2. The standard InChI is InChI=1S/C6H13ClO3/c1-10-4-6(9)2-5(8)3-7/h5-6,8-9H,2-4H2,1H3. The van der Waals surface area contributed by atoms with E-state index in [4.69, 9.17) is 21.8 Å². The summed E-state index contributed by atoms with van der Waals surface area (Å²) < 4.78 is 4.64. The fourth-order valence-electron chi connectivity index (χ4n) is 0.637. The number of aliphatic hydroxyl groups is 2. The summed E-state index contributed by atoms with van der Waals surface area (Å²) in [6.07, 6.45) is -0.970. The highest BCUT2D eigenvalue weighted by atomic mass is 35.5. The Balaban J connectivity index is 3.27. The molecule has 4 heteroatoms. The second kappa shape index (κ2) is 5.92. The molecule has 0 amide bonds. The van der Waals surface area contributed by atoms with Crippen LogP contribution in [0.5, 0.6) is 0 Å². The lowest BCUT2D eigenvalue weighted by molar-refractivity contribution is 0.0302. The van der Waals surface area contributed by atoms with E-state index in [-0.39, 0.29) is 18.9 Å². The Morgan fingerprint density at radius 1 is 1.40 bits per heavy atom. The molecule has 0 fully saturated rings. The number of alkyl halides is 1. The number of hydrogen-bond donors (Lipinski definition) is 2. The zero-order chi connectivity index (χ0) is 7.98. The highest BCUT2D eigenvalue weighted by Crippen LogP contribution is 1.99. The molecular weight excluding hydrogens is 156 g/mol. The van der Waals surface area contributed by atoms with Crippen LogP contribution in [0.15, 0.2) is 0 Å². The molecular formula is C6H13ClO3. The van der Waals surface area contributed by atoms with Crippen molar-refractivity contribution in [2.24, 2.45) is 0 Å². The second-order valence-electron chi connectivity index (χ2n) is 2.15. The maximum atomic E-state index is 9.01. The summed E-state index contributed by atoms with van der Waals surface area (Å²) in [7, 11) is 1.50. The zero-order valence-electron chi connectivity index (χ0n) is 5.96. The van der Waals surface area contributed by atoms with Gasteiger partial charge in [-0.3, -0.25) is 0 Å². The van der Waals surface area contributed by atoms with Crippen molar-refractivity contribution in [3.05, 3.63) is 0 Å². The van der Waals surface area contributed by atoms with Gasteiger partial charge in [0.25, 0.3) is 0 Å². The van der Waals surface area contributed by atoms with E-state index in [0.29, 0.717) is 0 Å². The van der Waals surface area contributed by atoms with Crippen LogP contribution in [0.3, 0.4) is 0 Å². The van der Waals surface area contributed by atoms with Gasteiger partial charge >= 0.3 is 0 Å². The van der Waals surface area contributed by atoms with Gasteiger partial charge in [-0.1, -0.05) is 0 Å². The van der Waals surface area contributed by atoms with Crippen molar-refractivity contribution in [3.8, 4) is 0 Å². The molecule has 62 valence electrons. The van der Waals surface area contributed by atoms with Gasteiger partial charge in [0, 0.05) is 19.4 Å². The van der Waals surface area contributed by atoms with Crippen molar-refractivity contribution in [2.45, 2.75) is 18.6 Å². The molecule has 3 nitrogen and oxygen atoms in total. The lowest BCUT2D eigenvalue weighted by Crippen LogP contribution is -2.22. The van der Waals surface area contributed by atoms with Crippen molar-refractivity contribution < 1.29 is 14.9 Å². The highest BCUT2D eigenvalue weighted by molar-refractivity contribution is 6.18. The molecule has 10 heavy (non-hydrogen) atoms. The second-order valence-corrected chi connectivity index (χ2v) is 2.46. The lowest BCUT2D eigenvalue weighted by atomic mass is 10.2. The Bertz CT molecular complexity index is 79.4.